The van der Waals surface area contributed by atoms with E-state index in [2.05, 4.69) is 34.5 Å². The number of hydrogen-bond acceptors (Lipinski definition) is 3. The van der Waals surface area contributed by atoms with Crippen LogP contribution in [0.2, 0.25) is 0 Å². The summed E-state index contributed by atoms with van der Waals surface area (Å²) in [4.78, 5) is 2.48. The number of nitrogens with one attached hydrogen (secondary N) is 1. The lowest BCUT2D eigenvalue weighted by molar-refractivity contribution is 0.0342. The number of benzene rings is 1. The van der Waals surface area contributed by atoms with E-state index < -0.39 is 0 Å². The van der Waals surface area contributed by atoms with Gasteiger partial charge in [-0.15, -0.1) is 12.4 Å². The first-order chi connectivity index (χ1) is 9.90. The maximum Gasteiger partial charge on any atom is 0.0594 e. The average molecular weight is 311 g/mol. The zero-order valence-electron chi connectivity index (χ0n) is 12.7. The van der Waals surface area contributed by atoms with Crippen LogP contribution in [-0.4, -0.2) is 44.3 Å². The number of morpholine rings is 1. The minimum atomic E-state index is 0. The van der Waals surface area contributed by atoms with Gasteiger partial charge >= 0.3 is 0 Å². The molecule has 0 spiro atoms. The first-order valence-corrected chi connectivity index (χ1v) is 7.99. The molecular weight excluding hydrogens is 284 g/mol. The second-order valence-corrected chi connectivity index (χ2v) is 6.10. The minimum absolute atomic E-state index is 0. The predicted molar refractivity (Wildman–Crippen MR) is 89.1 cm³/mol. The summed E-state index contributed by atoms with van der Waals surface area (Å²) in [6.07, 6.45) is 3.91. The molecule has 2 fully saturated rings. The SMILES string of the molecule is Cl.c1cc(CN2CCOCC2)ccc1CC1CCNCC1. The molecule has 0 unspecified atom stereocenters. The van der Waals surface area contributed by atoms with Crippen LogP contribution >= 0.6 is 12.4 Å². The molecule has 118 valence electrons. The van der Waals surface area contributed by atoms with Crippen LogP contribution in [0.25, 0.3) is 0 Å². The maximum absolute atomic E-state index is 5.39. The Bertz CT molecular complexity index is 359. The summed E-state index contributed by atoms with van der Waals surface area (Å²) in [5.41, 5.74) is 2.93. The van der Waals surface area contributed by atoms with E-state index in [4.69, 9.17) is 4.74 Å². The van der Waals surface area contributed by atoms with E-state index in [0.29, 0.717) is 0 Å². The van der Waals surface area contributed by atoms with Crippen LogP contribution < -0.4 is 5.32 Å². The van der Waals surface area contributed by atoms with Gasteiger partial charge in [-0.25, -0.2) is 0 Å². The van der Waals surface area contributed by atoms with Gasteiger partial charge in [0.1, 0.15) is 0 Å². The molecule has 2 aliphatic rings. The van der Waals surface area contributed by atoms with Crippen LogP contribution in [0, 0.1) is 5.92 Å². The molecule has 0 radical (unpaired) electrons. The predicted octanol–water partition coefficient (Wildman–Crippen LogP) is 2.48. The third-order valence-electron chi connectivity index (χ3n) is 4.52. The van der Waals surface area contributed by atoms with Crippen molar-refractivity contribution in [3.63, 3.8) is 0 Å². The van der Waals surface area contributed by atoms with E-state index in [1.807, 2.05) is 0 Å². The first-order valence-electron chi connectivity index (χ1n) is 7.99. The molecule has 0 saturated carbocycles. The van der Waals surface area contributed by atoms with Gasteiger partial charge in [0.25, 0.3) is 0 Å². The number of piperidine rings is 1. The molecule has 1 aromatic rings. The molecule has 2 saturated heterocycles. The highest BCUT2D eigenvalue weighted by Crippen LogP contribution is 2.18. The molecule has 2 heterocycles. The largest absolute Gasteiger partial charge is 0.379 e. The van der Waals surface area contributed by atoms with Crippen molar-refractivity contribution >= 4 is 12.4 Å². The monoisotopic (exact) mass is 310 g/mol. The van der Waals surface area contributed by atoms with E-state index in [1.165, 1.54) is 43.5 Å². The lowest BCUT2D eigenvalue weighted by atomic mass is 9.91. The Balaban J connectivity index is 0.00000161. The van der Waals surface area contributed by atoms with Gasteiger partial charge in [-0.1, -0.05) is 24.3 Å². The van der Waals surface area contributed by atoms with Gasteiger partial charge in [-0.05, 0) is 49.4 Å². The number of halogens is 1. The highest BCUT2D eigenvalue weighted by molar-refractivity contribution is 5.85. The normalized spacial score (nSPS) is 21.0. The zero-order chi connectivity index (χ0) is 13.6. The van der Waals surface area contributed by atoms with E-state index in [0.717, 1.165) is 38.8 Å². The fourth-order valence-corrected chi connectivity index (χ4v) is 3.22. The van der Waals surface area contributed by atoms with Crippen molar-refractivity contribution in [2.75, 3.05) is 39.4 Å². The summed E-state index contributed by atoms with van der Waals surface area (Å²) in [5.74, 6) is 0.876. The fraction of sp³-hybridized carbons (Fsp3) is 0.647. The quantitative estimate of drug-likeness (QED) is 0.924. The van der Waals surface area contributed by atoms with Gasteiger partial charge in [0.2, 0.25) is 0 Å². The van der Waals surface area contributed by atoms with Crippen LogP contribution in [0.4, 0.5) is 0 Å². The summed E-state index contributed by atoms with van der Waals surface area (Å²) in [6.45, 7) is 7.35. The van der Waals surface area contributed by atoms with Crippen LogP contribution in [0.5, 0.6) is 0 Å². The summed E-state index contributed by atoms with van der Waals surface area (Å²) in [5, 5.41) is 3.44. The molecule has 1 N–H and O–H groups in total. The number of hydrogen-bond donors (Lipinski definition) is 1. The molecule has 3 rings (SSSR count). The van der Waals surface area contributed by atoms with Crippen molar-refractivity contribution in [2.45, 2.75) is 25.8 Å². The third kappa shape index (κ3) is 5.26. The van der Waals surface area contributed by atoms with Gasteiger partial charge < -0.3 is 10.1 Å². The van der Waals surface area contributed by atoms with Crippen LogP contribution in [0.1, 0.15) is 24.0 Å². The molecule has 21 heavy (non-hydrogen) atoms. The molecule has 0 aromatic heterocycles. The van der Waals surface area contributed by atoms with Crippen molar-refractivity contribution in [1.29, 1.82) is 0 Å². The van der Waals surface area contributed by atoms with Crippen LogP contribution in [0.3, 0.4) is 0 Å². The van der Waals surface area contributed by atoms with Crippen molar-refractivity contribution in [3.05, 3.63) is 35.4 Å². The number of rotatable bonds is 4. The minimum Gasteiger partial charge on any atom is -0.379 e. The third-order valence-corrected chi connectivity index (χ3v) is 4.52. The van der Waals surface area contributed by atoms with Crippen molar-refractivity contribution in [2.24, 2.45) is 5.92 Å². The van der Waals surface area contributed by atoms with Crippen molar-refractivity contribution < 1.29 is 4.74 Å². The molecule has 0 aliphatic carbocycles. The Labute approximate surface area is 134 Å². The topological polar surface area (TPSA) is 24.5 Å². The second kappa shape index (κ2) is 8.74. The van der Waals surface area contributed by atoms with Gasteiger partial charge in [-0.2, -0.15) is 0 Å². The summed E-state index contributed by atoms with van der Waals surface area (Å²) in [6, 6.07) is 9.29. The zero-order valence-corrected chi connectivity index (χ0v) is 13.5. The number of ether oxygens (including phenoxy) is 1. The van der Waals surface area contributed by atoms with Gasteiger partial charge in [0, 0.05) is 19.6 Å². The van der Waals surface area contributed by atoms with Gasteiger partial charge in [0.05, 0.1) is 13.2 Å². The molecule has 0 amide bonds. The second-order valence-electron chi connectivity index (χ2n) is 6.10. The summed E-state index contributed by atoms with van der Waals surface area (Å²) < 4.78 is 5.39. The Morgan fingerprint density at radius 1 is 1.00 bits per heavy atom. The highest BCUT2D eigenvalue weighted by Gasteiger charge is 2.14. The lowest BCUT2D eigenvalue weighted by Gasteiger charge is -2.26. The molecule has 0 bridgehead atoms. The molecular formula is C17H27ClN2O. The lowest BCUT2D eigenvalue weighted by Crippen LogP contribution is -2.35. The van der Waals surface area contributed by atoms with E-state index in [1.54, 1.807) is 0 Å². The summed E-state index contributed by atoms with van der Waals surface area (Å²) >= 11 is 0. The molecule has 0 atom stereocenters. The molecule has 4 heteroatoms. The molecule has 1 aromatic carbocycles. The highest BCUT2D eigenvalue weighted by atomic mass is 35.5. The van der Waals surface area contributed by atoms with Gasteiger partial charge in [0.15, 0.2) is 0 Å². The number of nitrogens with zero attached hydrogens (tertiary/aromatic N) is 1. The Hall–Kier alpha value is -0.610. The van der Waals surface area contributed by atoms with Gasteiger partial charge in [-0.3, -0.25) is 4.90 Å². The molecule has 2 aliphatic heterocycles. The molecule has 3 nitrogen and oxygen atoms in total. The maximum atomic E-state index is 5.39. The average Bonchev–Trinajstić information content (AvgIpc) is 2.51. The van der Waals surface area contributed by atoms with Crippen molar-refractivity contribution in [1.82, 2.24) is 10.2 Å². The standard InChI is InChI=1S/C17H26N2O.ClH/c1-3-17(14-19-9-11-20-12-10-19)4-2-15(1)13-16-5-7-18-8-6-16;/h1-4,16,18H,5-14H2;1H. The summed E-state index contributed by atoms with van der Waals surface area (Å²) in [7, 11) is 0. The van der Waals surface area contributed by atoms with E-state index in [9.17, 15) is 0 Å². The Morgan fingerprint density at radius 2 is 1.62 bits per heavy atom. The Morgan fingerprint density at radius 3 is 2.29 bits per heavy atom. The van der Waals surface area contributed by atoms with Crippen molar-refractivity contribution in [3.8, 4) is 0 Å². The fourth-order valence-electron chi connectivity index (χ4n) is 3.22. The van der Waals surface area contributed by atoms with Crippen LogP contribution in [0.15, 0.2) is 24.3 Å². The Kier molecular flexibility index (Phi) is 6.97. The smallest absolute Gasteiger partial charge is 0.0594 e. The van der Waals surface area contributed by atoms with E-state index in [-0.39, 0.29) is 12.4 Å². The van der Waals surface area contributed by atoms with Crippen LogP contribution in [-0.2, 0) is 17.7 Å². The van der Waals surface area contributed by atoms with E-state index >= 15 is 0 Å². The first kappa shape index (κ1) is 16.8.